The number of halogens is 1. The molecular formula is C13H25ClN2O2. The quantitative estimate of drug-likeness (QED) is 0.773. The maximum absolute atomic E-state index is 11.8. The fourth-order valence-electron chi connectivity index (χ4n) is 2.56. The lowest BCUT2D eigenvalue weighted by Crippen LogP contribution is -2.44. The Morgan fingerprint density at radius 2 is 2.28 bits per heavy atom. The third-order valence-corrected chi connectivity index (χ3v) is 3.83. The van der Waals surface area contributed by atoms with E-state index in [1.54, 1.807) is 0 Å². The van der Waals surface area contributed by atoms with Crippen LogP contribution in [0.4, 0.5) is 0 Å². The first kappa shape index (κ1) is 15.7. The molecule has 0 aromatic rings. The van der Waals surface area contributed by atoms with Gasteiger partial charge < -0.3 is 15.4 Å². The van der Waals surface area contributed by atoms with Crippen molar-refractivity contribution in [2.45, 2.75) is 45.1 Å². The van der Waals surface area contributed by atoms with Crippen molar-refractivity contribution < 1.29 is 9.53 Å². The van der Waals surface area contributed by atoms with Gasteiger partial charge in [-0.25, -0.2) is 0 Å². The van der Waals surface area contributed by atoms with Crippen LogP contribution in [0.1, 0.15) is 39.0 Å². The molecule has 5 heteroatoms. The van der Waals surface area contributed by atoms with E-state index in [9.17, 15) is 4.79 Å². The minimum atomic E-state index is 0. The van der Waals surface area contributed by atoms with E-state index in [1.165, 1.54) is 25.7 Å². The van der Waals surface area contributed by atoms with Crippen molar-refractivity contribution in [1.82, 2.24) is 10.6 Å². The summed E-state index contributed by atoms with van der Waals surface area (Å²) in [5.41, 5.74) is 0.445. The Morgan fingerprint density at radius 1 is 1.50 bits per heavy atom. The SMILES string of the molecule is CCCC1(CNC(=O)CC2COCCN2)CC1.Cl. The third-order valence-electron chi connectivity index (χ3n) is 3.83. The van der Waals surface area contributed by atoms with Gasteiger partial charge in [0.1, 0.15) is 0 Å². The van der Waals surface area contributed by atoms with E-state index in [1.807, 2.05) is 0 Å². The Morgan fingerprint density at radius 3 is 2.83 bits per heavy atom. The van der Waals surface area contributed by atoms with Crippen LogP contribution in [0, 0.1) is 5.41 Å². The monoisotopic (exact) mass is 276 g/mol. The minimum absolute atomic E-state index is 0. The molecule has 1 aliphatic carbocycles. The number of morpholine rings is 1. The summed E-state index contributed by atoms with van der Waals surface area (Å²) in [6.45, 7) is 5.36. The van der Waals surface area contributed by atoms with Crippen LogP contribution in [0.15, 0.2) is 0 Å². The van der Waals surface area contributed by atoms with Crippen molar-refractivity contribution in [3.63, 3.8) is 0 Å². The average molecular weight is 277 g/mol. The molecule has 1 aliphatic heterocycles. The van der Waals surface area contributed by atoms with Crippen LogP contribution >= 0.6 is 12.4 Å². The fraction of sp³-hybridized carbons (Fsp3) is 0.923. The molecule has 1 heterocycles. The number of rotatable bonds is 6. The van der Waals surface area contributed by atoms with Gasteiger partial charge in [-0.3, -0.25) is 4.79 Å². The molecule has 0 aromatic carbocycles. The van der Waals surface area contributed by atoms with E-state index < -0.39 is 0 Å². The van der Waals surface area contributed by atoms with Gasteiger partial charge in [-0.05, 0) is 24.7 Å². The zero-order valence-electron chi connectivity index (χ0n) is 11.2. The Labute approximate surface area is 116 Å². The molecule has 4 nitrogen and oxygen atoms in total. The Hall–Kier alpha value is -0.320. The Balaban J connectivity index is 0.00000162. The van der Waals surface area contributed by atoms with Crippen LogP contribution in [0.5, 0.6) is 0 Å². The zero-order chi connectivity index (χ0) is 12.1. The van der Waals surface area contributed by atoms with Crippen LogP contribution in [-0.4, -0.2) is 38.3 Å². The first-order valence-corrected chi connectivity index (χ1v) is 6.82. The van der Waals surface area contributed by atoms with Crippen LogP contribution in [0.3, 0.4) is 0 Å². The van der Waals surface area contributed by atoms with Gasteiger partial charge in [0.05, 0.1) is 13.2 Å². The number of ether oxygens (including phenoxy) is 1. The normalized spacial score (nSPS) is 25.1. The van der Waals surface area contributed by atoms with Gasteiger partial charge in [0, 0.05) is 25.6 Å². The highest BCUT2D eigenvalue weighted by Gasteiger charge is 2.41. The molecule has 1 amide bonds. The van der Waals surface area contributed by atoms with Crippen LogP contribution in [0.2, 0.25) is 0 Å². The smallest absolute Gasteiger partial charge is 0.221 e. The predicted octanol–water partition coefficient (Wildman–Crippen LogP) is 1.48. The molecule has 2 N–H and O–H groups in total. The molecule has 1 saturated heterocycles. The van der Waals surface area contributed by atoms with E-state index in [0.717, 1.165) is 19.7 Å². The van der Waals surface area contributed by atoms with E-state index in [0.29, 0.717) is 18.4 Å². The molecule has 106 valence electrons. The first-order chi connectivity index (χ1) is 8.24. The molecule has 1 saturated carbocycles. The number of carbonyl (C=O) groups is 1. The summed E-state index contributed by atoms with van der Waals surface area (Å²) in [6.07, 6.45) is 5.58. The Kier molecular flexibility index (Phi) is 6.39. The second-order valence-electron chi connectivity index (χ2n) is 5.46. The summed E-state index contributed by atoms with van der Waals surface area (Å²) in [6, 6.07) is 0.199. The summed E-state index contributed by atoms with van der Waals surface area (Å²) in [7, 11) is 0. The number of nitrogens with one attached hydrogen (secondary N) is 2. The molecule has 1 unspecified atom stereocenters. The maximum atomic E-state index is 11.8. The fourth-order valence-corrected chi connectivity index (χ4v) is 2.56. The minimum Gasteiger partial charge on any atom is -0.378 e. The summed E-state index contributed by atoms with van der Waals surface area (Å²) in [4.78, 5) is 11.8. The molecule has 1 atom stereocenters. The summed E-state index contributed by atoms with van der Waals surface area (Å²) in [5.74, 6) is 0.162. The van der Waals surface area contributed by atoms with Crippen LogP contribution in [0.25, 0.3) is 0 Å². The van der Waals surface area contributed by atoms with Crippen molar-refractivity contribution in [3.05, 3.63) is 0 Å². The van der Waals surface area contributed by atoms with Gasteiger partial charge in [-0.2, -0.15) is 0 Å². The molecule has 0 spiro atoms. The highest BCUT2D eigenvalue weighted by Crippen LogP contribution is 2.48. The molecule has 0 bridgehead atoms. The summed E-state index contributed by atoms with van der Waals surface area (Å²) in [5, 5.41) is 6.39. The van der Waals surface area contributed by atoms with Gasteiger partial charge in [0.15, 0.2) is 0 Å². The van der Waals surface area contributed by atoms with E-state index >= 15 is 0 Å². The highest BCUT2D eigenvalue weighted by molar-refractivity contribution is 5.85. The lowest BCUT2D eigenvalue weighted by atomic mass is 10.0. The molecule has 0 radical (unpaired) electrons. The topological polar surface area (TPSA) is 50.4 Å². The second kappa shape index (κ2) is 7.31. The van der Waals surface area contributed by atoms with Gasteiger partial charge in [0.25, 0.3) is 0 Å². The van der Waals surface area contributed by atoms with Gasteiger partial charge >= 0.3 is 0 Å². The zero-order valence-corrected chi connectivity index (χ0v) is 12.0. The van der Waals surface area contributed by atoms with Crippen molar-refractivity contribution in [2.24, 2.45) is 5.41 Å². The van der Waals surface area contributed by atoms with E-state index in [-0.39, 0.29) is 24.4 Å². The van der Waals surface area contributed by atoms with Crippen molar-refractivity contribution in [2.75, 3.05) is 26.3 Å². The molecule has 2 rings (SSSR count). The van der Waals surface area contributed by atoms with Crippen molar-refractivity contribution >= 4 is 18.3 Å². The standard InChI is InChI=1S/C13H24N2O2.ClH/c1-2-3-13(4-5-13)10-15-12(16)8-11-9-17-7-6-14-11;/h11,14H,2-10H2,1H3,(H,15,16);1H. The van der Waals surface area contributed by atoms with Crippen LogP contribution in [-0.2, 0) is 9.53 Å². The van der Waals surface area contributed by atoms with Crippen LogP contribution < -0.4 is 10.6 Å². The summed E-state index contributed by atoms with van der Waals surface area (Å²) >= 11 is 0. The number of hydrogen-bond donors (Lipinski definition) is 2. The maximum Gasteiger partial charge on any atom is 0.221 e. The number of hydrogen-bond acceptors (Lipinski definition) is 3. The third kappa shape index (κ3) is 4.75. The van der Waals surface area contributed by atoms with Crippen molar-refractivity contribution in [3.8, 4) is 0 Å². The highest BCUT2D eigenvalue weighted by atomic mass is 35.5. The van der Waals surface area contributed by atoms with E-state index in [4.69, 9.17) is 4.74 Å². The molecule has 2 fully saturated rings. The van der Waals surface area contributed by atoms with E-state index in [2.05, 4.69) is 17.6 Å². The predicted molar refractivity (Wildman–Crippen MR) is 74.1 cm³/mol. The largest absolute Gasteiger partial charge is 0.378 e. The molecule has 18 heavy (non-hydrogen) atoms. The molecule has 2 aliphatic rings. The second-order valence-corrected chi connectivity index (χ2v) is 5.46. The number of carbonyl (C=O) groups excluding carboxylic acids is 1. The molecular weight excluding hydrogens is 252 g/mol. The van der Waals surface area contributed by atoms with Gasteiger partial charge in [-0.1, -0.05) is 13.3 Å². The van der Waals surface area contributed by atoms with Gasteiger partial charge in [0.2, 0.25) is 5.91 Å². The average Bonchev–Trinajstić information content (AvgIpc) is 3.09. The van der Waals surface area contributed by atoms with Crippen molar-refractivity contribution in [1.29, 1.82) is 0 Å². The molecule has 0 aromatic heterocycles. The first-order valence-electron chi connectivity index (χ1n) is 6.82. The van der Waals surface area contributed by atoms with Gasteiger partial charge in [-0.15, -0.1) is 12.4 Å². The lowest BCUT2D eigenvalue weighted by molar-refractivity contribution is -0.122. The Bertz CT molecular complexity index is 264. The summed E-state index contributed by atoms with van der Waals surface area (Å²) < 4.78 is 5.34. The lowest BCUT2D eigenvalue weighted by Gasteiger charge is -2.23. The number of amides is 1.